The molecular formula is C25H15F3O5. The van der Waals surface area contributed by atoms with E-state index in [1.54, 1.807) is 12.1 Å². The quantitative estimate of drug-likeness (QED) is 0.296. The van der Waals surface area contributed by atoms with Crippen LogP contribution in [-0.4, -0.2) is 12.6 Å². The average Bonchev–Trinajstić information content (AvgIpc) is 2.79. The topological polar surface area (TPSA) is 65.7 Å². The summed E-state index contributed by atoms with van der Waals surface area (Å²) in [5.41, 5.74) is 0.825. The van der Waals surface area contributed by atoms with Crippen LogP contribution in [0.2, 0.25) is 0 Å². The molecule has 1 unspecified atom stereocenters. The van der Waals surface area contributed by atoms with Gasteiger partial charge in [0, 0.05) is 17.0 Å². The summed E-state index contributed by atoms with van der Waals surface area (Å²) >= 11 is 0. The number of fused-ring (bicyclic) bond motifs is 3. The van der Waals surface area contributed by atoms with Gasteiger partial charge < -0.3 is 13.9 Å². The van der Waals surface area contributed by atoms with Crippen LogP contribution in [-0.2, 0) is 4.79 Å². The van der Waals surface area contributed by atoms with Gasteiger partial charge in [0.15, 0.2) is 0 Å². The van der Waals surface area contributed by atoms with E-state index in [4.69, 9.17) is 9.15 Å². The maximum Gasteiger partial charge on any atom is 0.387 e. The van der Waals surface area contributed by atoms with Crippen molar-refractivity contribution in [3.63, 3.8) is 0 Å². The van der Waals surface area contributed by atoms with Crippen LogP contribution in [0, 0.1) is 5.82 Å². The minimum Gasteiger partial charge on any atom is -0.463 e. The first-order valence-corrected chi connectivity index (χ1v) is 10.0. The number of alkyl halides is 2. The van der Waals surface area contributed by atoms with E-state index in [1.807, 2.05) is 0 Å². The van der Waals surface area contributed by atoms with E-state index in [-0.39, 0.29) is 40.0 Å². The predicted octanol–water partition coefficient (Wildman–Crippen LogP) is 5.64. The Labute approximate surface area is 185 Å². The zero-order chi connectivity index (χ0) is 23.1. The van der Waals surface area contributed by atoms with Crippen molar-refractivity contribution < 1.29 is 31.9 Å². The van der Waals surface area contributed by atoms with Crippen molar-refractivity contribution in [3.05, 3.63) is 94.1 Å². The van der Waals surface area contributed by atoms with E-state index < -0.39 is 29.7 Å². The second-order valence-corrected chi connectivity index (χ2v) is 7.49. The first kappa shape index (κ1) is 20.8. The Kier molecular flexibility index (Phi) is 5.12. The monoisotopic (exact) mass is 452 g/mol. The summed E-state index contributed by atoms with van der Waals surface area (Å²) in [5.74, 6) is -1.58. The molecule has 5 rings (SSSR count). The van der Waals surface area contributed by atoms with Gasteiger partial charge in [0.25, 0.3) is 0 Å². The van der Waals surface area contributed by atoms with Gasteiger partial charge in [-0.05, 0) is 35.9 Å². The molecule has 33 heavy (non-hydrogen) atoms. The van der Waals surface area contributed by atoms with Crippen LogP contribution in [0.5, 0.6) is 11.5 Å². The van der Waals surface area contributed by atoms with Gasteiger partial charge in [0.1, 0.15) is 29.2 Å². The molecule has 0 saturated carbocycles. The van der Waals surface area contributed by atoms with Crippen LogP contribution < -0.4 is 14.9 Å². The summed E-state index contributed by atoms with van der Waals surface area (Å²) in [6.07, 6.45) is 1.08. The molecule has 3 aromatic carbocycles. The molecule has 4 aromatic rings. The highest BCUT2D eigenvalue weighted by Gasteiger charge is 2.32. The van der Waals surface area contributed by atoms with Gasteiger partial charge in [-0.15, -0.1) is 0 Å². The zero-order valence-corrected chi connectivity index (χ0v) is 16.9. The molecule has 0 N–H and O–H groups in total. The minimum atomic E-state index is -3.00. The van der Waals surface area contributed by atoms with Crippen LogP contribution in [0.4, 0.5) is 13.2 Å². The molecule has 5 nitrogen and oxygen atoms in total. The molecule has 0 aliphatic carbocycles. The van der Waals surface area contributed by atoms with Gasteiger partial charge in [0.2, 0.25) is 5.43 Å². The molecule has 1 atom stereocenters. The summed E-state index contributed by atoms with van der Waals surface area (Å²) in [4.78, 5) is 25.5. The highest BCUT2D eigenvalue weighted by Crippen LogP contribution is 2.43. The lowest BCUT2D eigenvalue weighted by atomic mass is 9.85. The lowest BCUT2D eigenvalue weighted by Gasteiger charge is -2.25. The van der Waals surface area contributed by atoms with E-state index in [1.165, 1.54) is 54.8 Å². The lowest BCUT2D eigenvalue weighted by molar-refractivity contribution is -0.135. The number of rotatable bonds is 4. The van der Waals surface area contributed by atoms with E-state index in [0.717, 1.165) is 0 Å². The molecule has 0 spiro atoms. The summed E-state index contributed by atoms with van der Waals surface area (Å²) in [7, 11) is 0. The van der Waals surface area contributed by atoms with Crippen molar-refractivity contribution in [2.75, 3.05) is 0 Å². The van der Waals surface area contributed by atoms with Crippen LogP contribution in [0.3, 0.4) is 0 Å². The van der Waals surface area contributed by atoms with Gasteiger partial charge in [-0.25, -0.2) is 4.39 Å². The van der Waals surface area contributed by atoms with Gasteiger partial charge >= 0.3 is 12.6 Å². The number of benzene rings is 3. The number of ether oxygens (including phenoxy) is 2. The minimum absolute atomic E-state index is 0.0530. The van der Waals surface area contributed by atoms with Crippen molar-refractivity contribution in [1.29, 1.82) is 0 Å². The second-order valence-electron chi connectivity index (χ2n) is 7.49. The Balaban J connectivity index is 1.70. The number of carbonyl (C=O) groups is 1. The van der Waals surface area contributed by atoms with Gasteiger partial charge in [-0.3, -0.25) is 9.59 Å². The van der Waals surface area contributed by atoms with Gasteiger partial charge in [-0.1, -0.05) is 30.3 Å². The molecule has 0 radical (unpaired) electrons. The average molecular weight is 452 g/mol. The van der Waals surface area contributed by atoms with Gasteiger partial charge in [0.05, 0.1) is 17.4 Å². The summed E-state index contributed by atoms with van der Waals surface area (Å²) in [6, 6.07) is 14.8. The predicted molar refractivity (Wildman–Crippen MR) is 113 cm³/mol. The normalized spacial score (nSPS) is 15.4. The van der Waals surface area contributed by atoms with E-state index in [2.05, 4.69) is 4.74 Å². The molecule has 1 aliphatic heterocycles. The number of halogens is 3. The number of esters is 1. The summed E-state index contributed by atoms with van der Waals surface area (Å²) in [5, 5.41) is 0.178. The largest absolute Gasteiger partial charge is 0.463 e. The van der Waals surface area contributed by atoms with Crippen LogP contribution >= 0.6 is 0 Å². The highest BCUT2D eigenvalue weighted by molar-refractivity contribution is 5.90. The standard InChI is InChI=1S/C25H15F3O5/c26-19-7-2-1-6-15(19)18-12-31-24-16(23(18)30)8-9-20-22(24)17(11-21(29)33-20)13-4-3-5-14(10-13)32-25(27)28/h1-10,12,17,25H,11H2. The van der Waals surface area contributed by atoms with E-state index in [9.17, 15) is 22.8 Å². The number of hydrogen-bond acceptors (Lipinski definition) is 5. The Morgan fingerprint density at radius 3 is 2.58 bits per heavy atom. The molecule has 0 bridgehead atoms. The van der Waals surface area contributed by atoms with E-state index in [0.29, 0.717) is 11.1 Å². The summed E-state index contributed by atoms with van der Waals surface area (Å²) in [6.45, 7) is -3.00. The first-order valence-electron chi connectivity index (χ1n) is 10.0. The first-order chi connectivity index (χ1) is 15.9. The summed E-state index contributed by atoms with van der Waals surface area (Å²) < 4.78 is 55.3. The zero-order valence-electron chi connectivity index (χ0n) is 16.9. The SMILES string of the molecule is O=C1CC(c2cccc(OC(F)F)c2)c2c(ccc3c(=O)c(-c4ccccc4F)coc23)O1. The van der Waals surface area contributed by atoms with Gasteiger partial charge in [-0.2, -0.15) is 8.78 Å². The fraction of sp³-hybridized carbons (Fsp3) is 0.120. The molecule has 2 heterocycles. The maximum atomic E-state index is 14.3. The lowest BCUT2D eigenvalue weighted by Crippen LogP contribution is -2.22. The van der Waals surface area contributed by atoms with Crippen molar-refractivity contribution in [2.45, 2.75) is 19.0 Å². The fourth-order valence-electron chi connectivity index (χ4n) is 4.11. The van der Waals surface area contributed by atoms with E-state index >= 15 is 0 Å². The molecule has 0 saturated heterocycles. The smallest absolute Gasteiger partial charge is 0.387 e. The van der Waals surface area contributed by atoms with Crippen LogP contribution in [0.25, 0.3) is 22.1 Å². The number of carbonyl (C=O) groups excluding carboxylic acids is 1. The number of hydrogen-bond donors (Lipinski definition) is 0. The Hall–Kier alpha value is -4.07. The Bertz CT molecular complexity index is 1440. The highest BCUT2D eigenvalue weighted by atomic mass is 19.3. The van der Waals surface area contributed by atoms with Crippen LogP contribution in [0.15, 0.2) is 76.1 Å². The molecule has 166 valence electrons. The fourth-order valence-corrected chi connectivity index (χ4v) is 4.11. The molecule has 0 amide bonds. The Morgan fingerprint density at radius 1 is 0.970 bits per heavy atom. The van der Waals surface area contributed by atoms with Crippen molar-refractivity contribution in [1.82, 2.24) is 0 Å². The van der Waals surface area contributed by atoms with Crippen molar-refractivity contribution >= 4 is 16.9 Å². The molecule has 1 aliphatic rings. The third-order valence-corrected chi connectivity index (χ3v) is 5.53. The van der Waals surface area contributed by atoms with Crippen molar-refractivity contribution in [3.8, 4) is 22.6 Å². The molecule has 0 fully saturated rings. The molecule has 1 aromatic heterocycles. The second kappa shape index (κ2) is 8.12. The van der Waals surface area contributed by atoms with Crippen LogP contribution in [0.1, 0.15) is 23.5 Å². The third-order valence-electron chi connectivity index (χ3n) is 5.53. The molecular weight excluding hydrogens is 437 g/mol. The Morgan fingerprint density at radius 2 is 1.79 bits per heavy atom. The third kappa shape index (κ3) is 3.73. The molecule has 8 heteroatoms. The van der Waals surface area contributed by atoms with Crippen molar-refractivity contribution in [2.24, 2.45) is 0 Å². The maximum absolute atomic E-state index is 14.3.